The van der Waals surface area contributed by atoms with Crippen molar-refractivity contribution in [3.63, 3.8) is 0 Å². The third kappa shape index (κ3) is 6.22. The van der Waals surface area contributed by atoms with E-state index in [1.807, 2.05) is 20.8 Å². The van der Waals surface area contributed by atoms with Crippen LogP contribution in [0.1, 0.15) is 28.5 Å². The Kier molecular flexibility index (Phi) is 8.74. The summed E-state index contributed by atoms with van der Waals surface area (Å²) >= 11 is 0. The molecule has 0 atom stereocenters. The van der Waals surface area contributed by atoms with E-state index in [1.54, 1.807) is 14.2 Å². The number of methoxy groups -OCH3 is 1. The van der Waals surface area contributed by atoms with Crippen molar-refractivity contribution in [2.45, 2.75) is 33.7 Å². The van der Waals surface area contributed by atoms with Gasteiger partial charge >= 0.3 is 0 Å². The number of aryl methyl sites for hydroxylation is 3. The van der Waals surface area contributed by atoms with Gasteiger partial charge in [0.15, 0.2) is 5.96 Å². The zero-order valence-electron chi connectivity index (χ0n) is 15.5. The van der Waals surface area contributed by atoms with Crippen LogP contribution in [0.3, 0.4) is 0 Å². The average molecular weight is 458 g/mol. The summed E-state index contributed by atoms with van der Waals surface area (Å²) in [7, 11) is 3.44. The van der Waals surface area contributed by atoms with E-state index in [-0.39, 0.29) is 24.0 Å². The Hall–Kier alpha value is -1.77. The standard InChI is InChI=1S/C18H26N4O2.HI/c1-12-6-7-15(10-16(12)23-5)8-9-20-18(19-4)21-11-17-22-13(2)14(3)24-17;/h6-7,10H,8-9,11H2,1-5H3,(H2,19,20,21);1H. The van der Waals surface area contributed by atoms with Crippen molar-refractivity contribution in [1.82, 2.24) is 15.6 Å². The molecule has 7 heteroatoms. The summed E-state index contributed by atoms with van der Waals surface area (Å²) in [6.07, 6.45) is 0.883. The number of guanidine groups is 1. The summed E-state index contributed by atoms with van der Waals surface area (Å²) in [5.74, 6) is 3.16. The predicted molar refractivity (Wildman–Crippen MR) is 111 cm³/mol. The molecule has 2 rings (SSSR count). The normalized spacial score (nSPS) is 11.0. The molecular weight excluding hydrogens is 431 g/mol. The van der Waals surface area contributed by atoms with E-state index in [9.17, 15) is 0 Å². The molecule has 0 aliphatic rings. The molecule has 6 nitrogen and oxygen atoms in total. The van der Waals surface area contributed by atoms with Crippen molar-refractivity contribution >= 4 is 29.9 Å². The number of aliphatic imine (C=N–C) groups is 1. The molecule has 25 heavy (non-hydrogen) atoms. The van der Waals surface area contributed by atoms with Crippen LogP contribution in [0.15, 0.2) is 27.6 Å². The van der Waals surface area contributed by atoms with E-state index in [0.717, 1.165) is 41.7 Å². The van der Waals surface area contributed by atoms with Gasteiger partial charge in [-0.2, -0.15) is 0 Å². The van der Waals surface area contributed by atoms with Crippen LogP contribution in [0.2, 0.25) is 0 Å². The zero-order valence-corrected chi connectivity index (χ0v) is 17.8. The van der Waals surface area contributed by atoms with E-state index in [4.69, 9.17) is 9.15 Å². The summed E-state index contributed by atoms with van der Waals surface area (Å²) in [4.78, 5) is 8.56. The van der Waals surface area contributed by atoms with Crippen molar-refractivity contribution in [2.75, 3.05) is 20.7 Å². The van der Waals surface area contributed by atoms with Gasteiger partial charge in [0.2, 0.25) is 5.89 Å². The van der Waals surface area contributed by atoms with Gasteiger partial charge in [-0.15, -0.1) is 24.0 Å². The highest BCUT2D eigenvalue weighted by molar-refractivity contribution is 14.0. The maximum Gasteiger partial charge on any atom is 0.214 e. The molecule has 0 spiro atoms. The molecule has 0 unspecified atom stereocenters. The fourth-order valence-corrected chi connectivity index (χ4v) is 2.34. The molecule has 1 aromatic carbocycles. The first kappa shape index (κ1) is 21.3. The van der Waals surface area contributed by atoms with Crippen LogP contribution in [0.5, 0.6) is 5.75 Å². The van der Waals surface area contributed by atoms with E-state index < -0.39 is 0 Å². The van der Waals surface area contributed by atoms with E-state index >= 15 is 0 Å². The highest BCUT2D eigenvalue weighted by Gasteiger charge is 2.06. The van der Waals surface area contributed by atoms with Crippen LogP contribution in [0, 0.1) is 20.8 Å². The van der Waals surface area contributed by atoms with Crippen LogP contribution in [-0.4, -0.2) is 31.6 Å². The highest BCUT2D eigenvalue weighted by Crippen LogP contribution is 2.18. The van der Waals surface area contributed by atoms with Crippen LogP contribution in [-0.2, 0) is 13.0 Å². The minimum absolute atomic E-state index is 0. The maximum atomic E-state index is 5.55. The largest absolute Gasteiger partial charge is 0.496 e. The fourth-order valence-electron chi connectivity index (χ4n) is 2.34. The summed E-state index contributed by atoms with van der Waals surface area (Å²) in [5.41, 5.74) is 3.28. The minimum atomic E-state index is 0. The van der Waals surface area contributed by atoms with Crippen LogP contribution in [0.25, 0.3) is 0 Å². The van der Waals surface area contributed by atoms with Gasteiger partial charge in [0.25, 0.3) is 0 Å². The second-order valence-corrected chi connectivity index (χ2v) is 5.66. The molecule has 0 saturated carbocycles. The first-order chi connectivity index (χ1) is 11.5. The minimum Gasteiger partial charge on any atom is -0.496 e. The number of aromatic nitrogens is 1. The Morgan fingerprint density at radius 1 is 1.24 bits per heavy atom. The van der Waals surface area contributed by atoms with Gasteiger partial charge in [0.1, 0.15) is 11.5 Å². The van der Waals surface area contributed by atoms with Gasteiger partial charge in [-0.1, -0.05) is 12.1 Å². The zero-order chi connectivity index (χ0) is 17.5. The lowest BCUT2D eigenvalue weighted by Gasteiger charge is -2.11. The van der Waals surface area contributed by atoms with Crippen molar-refractivity contribution in [2.24, 2.45) is 4.99 Å². The van der Waals surface area contributed by atoms with E-state index in [0.29, 0.717) is 12.4 Å². The molecule has 0 aliphatic heterocycles. The average Bonchev–Trinajstić information content (AvgIpc) is 2.90. The quantitative estimate of drug-likeness (QED) is 0.396. The monoisotopic (exact) mass is 458 g/mol. The molecule has 0 fully saturated rings. The number of hydrogen-bond donors (Lipinski definition) is 2. The number of benzene rings is 1. The van der Waals surface area contributed by atoms with Crippen LogP contribution >= 0.6 is 24.0 Å². The Labute approximate surface area is 166 Å². The number of nitrogens with zero attached hydrogens (tertiary/aromatic N) is 2. The van der Waals surface area contributed by atoms with E-state index in [1.165, 1.54) is 5.56 Å². The molecule has 0 radical (unpaired) electrons. The number of hydrogen-bond acceptors (Lipinski definition) is 4. The van der Waals surface area contributed by atoms with Gasteiger partial charge in [0, 0.05) is 13.6 Å². The molecule has 138 valence electrons. The molecule has 2 aromatic rings. The molecule has 1 heterocycles. The third-order valence-electron chi connectivity index (χ3n) is 3.88. The number of rotatable bonds is 6. The Morgan fingerprint density at radius 3 is 2.60 bits per heavy atom. The summed E-state index contributed by atoms with van der Waals surface area (Å²) in [5, 5.41) is 6.49. The van der Waals surface area contributed by atoms with Gasteiger partial charge in [-0.05, 0) is 44.4 Å². The molecular formula is C18H27IN4O2. The SMILES string of the molecule is CN=C(NCCc1ccc(C)c(OC)c1)NCc1nc(C)c(C)o1.I. The van der Waals surface area contributed by atoms with Crippen molar-refractivity contribution < 1.29 is 9.15 Å². The molecule has 0 bridgehead atoms. The van der Waals surface area contributed by atoms with Crippen molar-refractivity contribution in [3.8, 4) is 5.75 Å². The lowest BCUT2D eigenvalue weighted by atomic mass is 10.1. The Morgan fingerprint density at radius 2 is 2.00 bits per heavy atom. The number of ether oxygens (including phenoxy) is 1. The summed E-state index contributed by atoms with van der Waals surface area (Å²) < 4.78 is 10.9. The summed E-state index contributed by atoms with van der Waals surface area (Å²) in [6, 6.07) is 6.27. The molecule has 0 aliphatic carbocycles. The lowest BCUT2D eigenvalue weighted by molar-refractivity contribution is 0.411. The predicted octanol–water partition coefficient (Wildman–Crippen LogP) is 3.13. The van der Waals surface area contributed by atoms with Gasteiger partial charge in [-0.3, -0.25) is 4.99 Å². The van der Waals surface area contributed by atoms with Gasteiger partial charge in [0.05, 0.1) is 19.3 Å². The van der Waals surface area contributed by atoms with Gasteiger partial charge in [-0.25, -0.2) is 4.98 Å². The molecule has 1 aromatic heterocycles. The molecule has 0 amide bonds. The number of nitrogens with one attached hydrogen (secondary N) is 2. The van der Waals surface area contributed by atoms with E-state index in [2.05, 4.69) is 38.8 Å². The fraction of sp³-hybridized carbons (Fsp3) is 0.444. The first-order valence-electron chi connectivity index (χ1n) is 8.04. The Bertz CT molecular complexity index is 694. The molecule has 0 saturated heterocycles. The summed E-state index contributed by atoms with van der Waals surface area (Å²) in [6.45, 7) is 7.17. The third-order valence-corrected chi connectivity index (χ3v) is 3.88. The topological polar surface area (TPSA) is 71.7 Å². The van der Waals surface area contributed by atoms with Crippen LogP contribution < -0.4 is 15.4 Å². The van der Waals surface area contributed by atoms with Crippen LogP contribution in [0.4, 0.5) is 0 Å². The molecule has 2 N–H and O–H groups in total. The smallest absolute Gasteiger partial charge is 0.214 e. The first-order valence-corrected chi connectivity index (χ1v) is 8.04. The second kappa shape index (κ2) is 10.3. The highest BCUT2D eigenvalue weighted by atomic mass is 127. The maximum absolute atomic E-state index is 5.55. The number of oxazole rings is 1. The van der Waals surface area contributed by atoms with Crippen molar-refractivity contribution in [3.05, 3.63) is 46.7 Å². The van der Waals surface area contributed by atoms with Gasteiger partial charge < -0.3 is 19.8 Å². The second-order valence-electron chi connectivity index (χ2n) is 5.66. The Balaban J connectivity index is 0.00000312. The number of halogens is 1. The van der Waals surface area contributed by atoms with Crippen molar-refractivity contribution in [1.29, 1.82) is 0 Å². The lowest BCUT2D eigenvalue weighted by Crippen LogP contribution is -2.37.